The lowest BCUT2D eigenvalue weighted by atomic mass is 10.1. The Kier molecular flexibility index (Phi) is 4.87. The summed E-state index contributed by atoms with van der Waals surface area (Å²) in [5.41, 5.74) is 0.790. The molecule has 0 radical (unpaired) electrons. The van der Waals surface area contributed by atoms with Crippen molar-refractivity contribution >= 4 is 0 Å². The second kappa shape index (κ2) is 6.19. The number of halogens is 1. The van der Waals surface area contributed by atoms with E-state index < -0.39 is 0 Å². The highest BCUT2D eigenvalue weighted by Crippen LogP contribution is 2.12. The SMILES string of the molecule is CCC(CC#N)NC(C)c1ccc(F)cn1. The number of nitriles is 1. The Hall–Kier alpha value is -1.47. The van der Waals surface area contributed by atoms with Gasteiger partial charge in [-0.1, -0.05) is 6.92 Å². The number of nitrogens with zero attached hydrogens (tertiary/aromatic N) is 2. The topological polar surface area (TPSA) is 48.7 Å². The zero-order valence-electron chi connectivity index (χ0n) is 9.57. The van der Waals surface area contributed by atoms with Crippen molar-refractivity contribution < 1.29 is 4.39 Å². The first-order chi connectivity index (χ1) is 7.67. The van der Waals surface area contributed by atoms with Crippen LogP contribution in [-0.4, -0.2) is 11.0 Å². The average Bonchev–Trinajstić information content (AvgIpc) is 2.29. The second-order valence-corrected chi connectivity index (χ2v) is 3.76. The van der Waals surface area contributed by atoms with Gasteiger partial charge in [0.25, 0.3) is 0 Å². The minimum absolute atomic E-state index is 0.0268. The molecule has 0 bridgehead atoms. The molecule has 16 heavy (non-hydrogen) atoms. The van der Waals surface area contributed by atoms with E-state index >= 15 is 0 Å². The Bertz CT molecular complexity index is 356. The van der Waals surface area contributed by atoms with Crippen molar-refractivity contribution in [3.63, 3.8) is 0 Å². The molecule has 3 nitrogen and oxygen atoms in total. The van der Waals surface area contributed by atoms with Crippen LogP contribution in [0.1, 0.15) is 38.4 Å². The van der Waals surface area contributed by atoms with Crippen molar-refractivity contribution in [3.8, 4) is 6.07 Å². The summed E-state index contributed by atoms with van der Waals surface area (Å²) in [6, 6.07) is 5.38. The first-order valence-corrected chi connectivity index (χ1v) is 5.41. The molecule has 2 atom stereocenters. The molecule has 1 rings (SSSR count). The number of hydrogen-bond donors (Lipinski definition) is 1. The first-order valence-electron chi connectivity index (χ1n) is 5.41. The van der Waals surface area contributed by atoms with Crippen LogP contribution in [0.3, 0.4) is 0 Å². The van der Waals surface area contributed by atoms with Crippen LogP contribution >= 0.6 is 0 Å². The van der Waals surface area contributed by atoms with Gasteiger partial charge < -0.3 is 5.32 Å². The Morgan fingerprint density at radius 2 is 2.31 bits per heavy atom. The molecule has 4 heteroatoms. The zero-order valence-corrected chi connectivity index (χ0v) is 9.57. The van der Waals surface area contributed by atoms with Gasteiger partial charge in [-0.3, -0.25) is 4.98 Å². The van der Waals surface area contributed by atoms with Crippen LogP contribution in [0.15, 0.2) is 18.3 Å². The lowest BCUT2D eigenvalue weighted by Gasteiger charge is -2.19. The maximum absolute atomic E-state index is 12.7. The van der Waals surface area contributed by atoms with Gasteiger partial charge >= 0.3 is 0 Å². The predicted octanol–water partition coefficient (Wildman–Crippen LogP) is 2.56. The first kappa shape index (κ1) is 12.6. The van der Waals surface area contributed by atoms with Crippen LogP contribution in [0, 0.1) is 17.1 Å². The highest BCUT2D eigenvalue weighted by atomic mass is 19.1. The van der Waals surface area contributed by atoms with Crippen molar-refractivity contribution in [2.24, 2.45) is 0 Å². The minimum atomic E-state index is -0.333. The molecular weight excluding hydrogens is 205 g/mol. The molecule has 1 heterocycles. The number of hydrogen-bond acceptors (Lipinski definition) is 3. The summed E-state index contributed by atoms with van der Waals surface area (Å²) in [5, 5.41) is 11.9. The molecule has 0 aromatic carbocycles. The van der Waals surface area contributed by atoms with E-state index in [9.17, 15) is 4.39 Å². The van der Waals surface area contributed by atoms with Crippen molar-refractivity contribution in [2.75, 3.05) is 0 Å². The maximum Gasteiger partial charge on any atom is 0.141 e. The fourth-order valence-corrected chi connectivity index (χ4v) is 1.51. The summed E-state index contributed by atoms with van der Waals surface area (Å²) < 4.78 is 12.7. The highest BCUT2D eigenvalue weighted by molar-refractivity contribution is 5.09. The van der Waals surface area contributed by atoms with Crippen molar-refractivity contribution in [1.29, 1.82) is 5.26 Å². The summed E-state index contributed by atoms with van der Waals surface area (Å²) in [7, 11) is 0. The van der Waals surface area contributed by atoms with E-state index in [2.05, 4.69) is 16.4 Å². The average molecular weight is 221 g/mol. The molecule has 0 aliphatic carbocycles. The third-order valence-electron chi connectivity index (χ3n) is 2.51. The van der Waals surface area contributed by atoms with E-state index in [1.54, 1.807) is 6.07 Å². The number of nitrogens with one attached hydrogen (secondary N) is 1. The molecule has 0 saturated carbocycles. The quantitative estimate of drug-likeness (QED) is 0.831. The molecule has 2 unspecified atom stereocenters. The summed E-state index contributed by atoms with van der Waals surface area (Å²) in [5.74, 6) is -0.333. The van der Waals surface area contributed by atoms with E-state index in [0.29, 0.717) is 6.42 Å². The lowest BCUT2D eigenvalue weighted by Crippen LogP contribution is -2.31. The Morgan fingerprint density at radius 1 is 1.56 bits per heavy atom. The highest BCUT2D eigenvalue weighted by Gasteiger charge is 2.12. The van der Waals surface area contributed by atoms with Crippen LogP contribution in [-0.2, 0) is 0 Å². The van der Waals surface area contributed by atoms with Gasteiger partial charge in [-0.15, -0.1) is 0 Å². The second-order valence-electron chi connectivity index (χ2n) is 3.76. The summed E-state index contributed by atoms with van der Waals surface area (Å²) in [6.07, 6.45) is 2.57. The van der Waals surface area contributed by atoms with E-state index in [0.717, 1.165) is 12.1 Å². The van der Waals surface area contributed by atoms with E-state index in [4.69, 9.17) is 5.26 Å². The van der Waals surface area contributed by atoms with Gasteiger partial charge in [-0.25, -0.2) is 4.39 Å². The lowest BCUT2D eigenvalue weighted by molar-refractivity contribution is 0.441. The van der Waals surface area contributed by atoms with Gasteiger partial charge in [0.2, 0.25) is 0 Å². The largest absolute Gasteiger partial charge is 0.305 e. The van der Waals surface area contributed by atoms with Crippen LogP contribution < -0.4 is 5.32 Å². The van der Waals surface area contributed by atoms with Gasteiger partial charge in [0.1, 0.15) is 5.82 Å². The summed E-state index contributed by atoms with van der Waals surface area (Å²) in [4.78, 5) is 4.01. The molecule has 0 saturated heterocycles. The number of aromatic nitrogens is 1. The van der Waals surface area contributed by atoms with E-state index in [-0.39, 0.29) is 17.9 Å². The van der Waals surface area contributed by atoms with Crippen molar-refractivity contribution in [2.45, 2.75) is 38.8 Å². The normalized spacial score (nSPS) is 14.1. The van der Waals surface area contributed by atoms with E-state index in [1.165, 1.54) is 12.3 Å². The molecule has 0 aliphatic rings. The van der Waals surface area contributed by atoms with Gasteiger partial charge in [0.05, 0.1) is 24.4 Å². The van der Waals surface area contributed by atoms with Crippen LogP contribution in [0.5, 0.6) is 0 Å². The van der Waals surface area contributed by atoms with Crippen LogP contribution in [0.25, 0.3) is 0 Å². The smallest absolute Gasteiger partial charge is 0.141 e. The molecule has 0 spiro atoms. The van der Waals surface area contributed by atoms with Crippen LogP contribution in [0.2, 0.25) is 0 Å². The van der Waals surface area contributed by atoms with Crippen LogP contribution in [0.4, 0.5) is 4.39 Å². The third-order valence-corrected chi connectivity index (χ3v) is 2.51. The molecule has 0 fully saturated rings. The molecular formula is C12H16FN3. The fraction of sp³-hybridized carbons (Fsp3) is 0.500. The number of pyridine rings is 1. The predicted molar refractivity (Wildman–Crippen MR) is 60.1 cm³/mol. The minimum Gasteiger partial charge on any atom is -0.305 e. The maximum atomic E-state index is 12.7. The Morgan fingerprint density at radius 3 is 2.81 bits per heavy atom. The molecule has 0 aliphatic heterocycles. The molecule has 1 N–H and O–H groups in total. The summed E-state index contributed by atoms with van der Waals surface area (Å²) in [6.45, 7) is 3.99. The van der Waals surface area contributed by atoms with Gasteiger partial charge in [0.15, 0.2) is 0 Å². The summed E-state index contributed by atoms with van der Waals surface area (Å²) >= 11 is 0. The van der Waals surface area contributed by atoms with Crippen molar-refractivity contribution in [1.82, 2.24) is 10.3 Å². The monoisotopic (exact) mass is 221 g/mol. The van der Waals surface area contributed by atoms with E-state index in [1.807, 2.05) is 13.8 Å². The zero-order chi connectivity index (χ0) is 12.0. The molecule has 1 aromatic rings. The molecule has 0 amide bonds. The van der Waals surface area contributed by atoms with Gasteiger partial charge in [0, 0.05) is 12.1 Å². The Labute approximate surface area is 95.3 Å². The van der Waals surface area contributed by atoms with Gasteiger partial charge in [-0.2, -0.15) is 5.26 Å². The van der Waals surface area contributed by atoms with Gasteiger partial charge in [-0.05, 0) is 25.5 Å². The Balaban J connectivity index is 2.60. The molecule has 1 aromatic heterocycles. The molecule has 86 valence electrons. The van der Waals surface area contributed by atoms with Crippen molar-refractivity contribution in [3.05, 3.63) is 29.8 Å². The number of rotatable bonds is 5. The third kappa shape index (κ3) is 3.59. The standard InChI is InChI=1S/C12H16FN3/c1-3-11(6-7-14)16-9(2)12-5-4-10(13)8-15-12/h4-5,8-9,11,16H,3,6H2,1-2H3. The fourth-order valence-electron chi connectivity index (χ4n) is 1.51.